The smallest absolute Gasteiger partial charge is 0.306 e. The second-order valence-electron chi connectivity index (χ2n) is 9.08. The van der Waals surface area contributed by atoms with Crippen LogP contribution in [0.15, 0.2) is 78.9 Å². The zero-order valence-corrected chi connectivity index (χ0v) is 22.4. The maximum absolute atomic E-state index is 12.1. The number of hydrogen-bond acceptors (Lipinski definition) is 7. The van der Waals surface area contributed by atoms with Gasteiger partial charge in [0.2, 0.25) is 0 Å². The number of ether oxygens (including phenoxy) is 4. The highest BCUT2D eigenvalue weighted by Crippen LogP contribution is 2.45. The number of carbonyl (C=O) groups excluding carboxylic acids is 2. The molecule has 3 aromatic carbocycles. The Balaban J connectivity index is 2.06. The lowest BCUT2D eigenvalue weighted by molar-refractivity contribution is -0.256. The van der Waals surface area contributed by atoms with Crippen molar-refractivity contribution in [3.05, 3.63) is 95.6 Å². The van der Waals surface area contributed by atoms with Gasteiger partial charge >= 0.3 is 5.97 Å². The Morgan fingerprint density at radius 2 is 1.26 bits per heavy atom. The van der Waals surface area contributed by atoms with Crippen LogP contribution in [-0.4, -0.2) is 43.5 Å². The average Bonchev–Trinajstić information content (AvgIpc) is 2.95. The van der Waals surface area contributed by atoms with Gasteiger partial charge in [-0.3, -0.25) is 4.79 Å². The van der Waals surface area contributed by atoms with Crippen LogP contribution < -0.4 is 9.47 Å². The molecule has 38 heavy (non-hydrogen) atoms. The summed E-state index contributed by atoms with van der Waals surface area (Å²) in [5.74, 6) is -0.848. The number of carbonyl (C=O) groups is 2. The first-order valence-corrected chi connectivity index (χ1v) is 12.7. The van der Waals surface area contributed by atoms with Gasteiger partial charge in [-0.2, -0.15) is 0 Å². The molecule has 202 valence electrons. The zero-order valence-electron chi connectivity index (χ0n) is 22.4. The van der Waals surface area contributed by atoms with Crippen LogP contribution in [0.4, 0.5) is 0 Å². The summed E-state index contributed by atoms with van der Waals surface area (Å²) in [6, 6.07) is 24.7. The fourth-order valence-corrected chi connectivity index (χ4v) is 4.26. The molecule has 1 atom stereocenters. The lowest BCUT2D eigenvalue weighted by Gasteiger charge is -2.42. The molecule has 0 aliphatic rings. The Hall–Kier alpha value is -3.68. The van der Waals surface area contributed by atoms with Gasteiger partial charge in [-0.1, -0.05) is 61.5 Å². The second kappa shape index (κ2) is 13.2. The summed E-state index contributed by atoms with van der Waals surface area (Å²) in [7, 11) is 3.21. The van der Waals surface area contributed by atoms with E-state index in [-0.39, 0.29) is 38.1 Å². The van der Waals surface area contributed by atoms with Gasteiger partial charge in [-0.25, -0.2) is 0 Å². The largest absolute Gasteiger partial charge is 0.497 e. The highest BCUT2D eigenvalue weighted by atomic mass is 16.6. The highest BCUT2D eigenvalue weighted by molar-refractivity contribution is 5.80. The molecule has 7 heteroatoms. The van der Waals surface area contributed by atoms with Crippen LogP contribution >= 0.6 is 0 Å². The maximum Gasteiger partial charge on any atom is 0.306 e. The van der Waals surface area contributed by atoms with Crippen molar-refractivity contribution < 1.29 is 33.6 Å². The van der Waals surface area contributed by atoms with Gasteiger partial charge in [0.05, 0.1) is 27.2 Å². The van der Waals surface area contributed by atoms with Crippen molar-refractivity contribution >= 4 is 11.8 Å². The van der Waals surface area contributed by atoms with Crippen LogP contribution in [0.25, 0.3) is 0 Å². The lowest BCUT2D eigenvalue weighted by Crippen LogP contribution is -2.45. The van der Waals surface area contributed by atoms with Crippen LogP contribution in [0.1, 0.15) is 56.2 Å². The fourth-order valence-electron chi connectivity index (χ4n) is 4.26. The first kappa shape index (κ1) is 28.9. The maximum atomic E-state index is 12.1. The summed E-state index contributed by atoms with van der Waals surface area (Å²) in [5.41, 5.74) is 1.14. The minimum absolute atomic E-state index is 0.00634. The summed E-state index contributed by atoms with van der Waals surface area (Å²) < 4.78 is 22.9. The van der Waals surface area contributed by atoms with Crippen LogP contribution in [0.2, 0.25) is 0 Å². The predicted molar refractivity (Wildman–Crippen MR) is 144 cm³/mol. The molecule has 0 aliphatic heterocycles. The van der Waals surface area contributed by atoms with E-state index in [0.717, 1.165) is 16.7 Å². The van der Waals surface area contributed by atoms with E-state index in [1.165, 1.54) is 6.92 Å². The van der Waals surface area contributed by atoms with Gasteiger partial charge in [0, 0.05) is 12.8 Å². The quantitative estimate of drug-likeness (QED) is 0.173. The van der Waals surface area contributed by atoms with Crippen LogP contribution in [0, 0.1) is 0 Å². The van der Waals surface area contributed by atoms with Gasteiger partial charge < -0.3 is 28.8 Å². The van der Waals surface area contributed by atoms with Crippen molar-refractivity contribution in [2.45, 2.75) is 50.9 Å². The van der Waals surface area contributed by atoms with Gasteiger partial charge in [-0.15, -0.1) is 0 Å². The van der Waals surface area contributed by atoms with Crippen molar-refractivity contribution in [3.63, 3.8) is 0 Å². The molecule has 0 fully saturated rings. The van der Waals surface area contributed by atoms with E-state index < -0.39 is 17.4 Å². The summed E-state index contributed by atoms with van der Waals surface area (Å²) in [6.45, 7) is 3.19. The molecular formula is C31H36O7. The monoisotopic (exact) mass is 520 g/mol. The third kappa shape index (κ3) is 7.00. The molecule has 1 unspecified atom stereocenters. The first-order chi connectivity index (χ1) is 18.3. The predicted octanol–water partition coefficient (Wildman–Crippen LogP) is 5.41. The molecule has 0 aromatic heterocycles. The van der Waals surface area contributed by atoms with Crippen LogP contribution in [-0.2, 0) is 24.7 Å². The lowest BCUT2D eigenvalue weighted by atomic mass is 9.79. The summed E-state index contributed by atoms with van der Waals surface area (Å²) >= 11 is 0. The van der Waals surface area contributed by atoms with Crippen molar-refractivity contribution in [2.24, 2.45) is 0 Å². The van der Waals surface area contributed by atoms with E-state index in [1.54, 1.807) is 14.2 Å². The molecule has 0 bridgehead atoms. The fraction of sp³-hybridized carbons (Fsp3) is 0.355. The van der Waals surface area contributed by atoms with Gasteiger partial charge in [0.15, 0.2) is 5.79 Å². The zero-order chi connectivity index (χ0) is 27.6. The summed E-state index contributed by atoms with van der Waals surface area (Å²) in [4.78, 5) is 23.3. The van der Waals surface area contributed by atoms with Crippen LogP contribution in [0.3, 0.4) is 0 Å². The molecule has 0 saturated carbocycles. The Kier molecular flexibility index (Phi) is 10.0. The van der Waals surface area contributed by atoms with Crippen molar-refractivity contribution in [1.29, 1.82) is 0 Å². The Labute approximate surface area is 224 Å². The number of ketones is 1. The molecule has 0 aliphatic carbocycles. The standard InChI is InChI=1S/C31H36O7/c1-5-30(34,21-22-37-29(33)20-11-23(2)32)38-31(24-9-7-6-8-10-24,25-12-16-27(35-3)17-13-25)26-14-18-28(36-4)19-15-26/h6-10,12-19,34H,5,11,20-22H2,1-4H3. The first-order valence-electron chi connectivity index (χ1n) is 12.7. The van der Waals surface area contributed by atoms with E-state index in [2.05, 4.69) is 0 Å². The molecule has 0 spiro atoms. The van der Waals surface area contributed by atoms with Gasteiger partial charge in [0.25, 0.3) is 0 Å². The molecule has 1 N–H and O–H groups in total. The van der Waals surface area contributed by atoms with Gasteiger partial charge in [-0.05, 0) is 54.3 Å². The number of aliphatic hydroxyl groups is 1. The van der Waals surface area contributed by atoms with Gasteiger partial charge in [0.1, 0.15) is 22.9 Å². The van der Waals surface area contributed by atoms with E-state index in [4.69, 9.17) is 18.9 Å². The van der Waals surface area contributed by atoms with Crippen molar-refractivity contribution in [3.8, 4) is 11.5 Å². The molecule has 7 nitrogen and oxygen atoms in total. The van der Waals surface area contributed by atoms with E-state index in [9.17, 15) is 14.7 Å². The molecule has 3 aromatic rings. The average molecular weight is 521 g/mol. The normalized spacial score (nSPS) is 12.9. The number of rotatable bonds is 14. The Morgan fingerprint density at radius 1 is 0.763 bits per heavy atom. The topological polar surface area (TPSA) is 91.3 Å². The Bertz CT molecular complexity index is 1130. The molecular weight excluding hydrogens is 484 g/mol. The minimum Gasteiger partial charge on any atom is -0.497 e. The third-order valence-corrected chi connectivity index (χ3v) is 6.51. The Morgan fingerprint density at radius 3 is 1.71 bits per heavy atom. The summed E-state index contributed by atoms with van der Waals surface area (Å²) in [6.07, 6.45) is 0.404. The number of hydrogen-bond donors (Lipinski definition) is 1. The van der Waals surface area contributed by atoms with E-state index in [1.807, 2.05) is 85.8 Å². The number of Topliss-reactive ketones (excluding diaryl/α,β-unsaturated/α-hetero) is 1. The number of methoxy groups -OCH3 is 2. The SMILES string of the molecule is CCC(O)(CCOC(=O)CCC(C)=O)OC(c1ccccc1)(c1ccc(OC)cc1)c1ccc(OC)cc1. The minimum atomic E-state index is -1.66. The van der Waals surface area contributed by atoms with E-state index in [0.29, 0.717) is 11.5 Å². The highest BCUT2D eigenvalue weighted by Gasteiger charge is 2.44. The van der Waals surface area contributed by atoms with E-state index >= 15 is 0 Å². The second-order valence-corrected chi connectivity index (χ2v) is 9.08. The van der Waals surface area contributed by atoms with Crippen LogP contribution in [0.5, 0.6) is 11.5 Å². The molecule has 0 radical (unpaired) electrons. The summed E-state index contributed by atoms with van der Waals surface area (Å²) in [5, 5.41) is 11.8. The molecule has 0 amide bonds. The van der Waals surface area contributed by atoms with Crippen molar-refractivity contribution in [1.82, 2.24) is 0 Å². The van der Waals surface area contributed by atoms with Crippen molar-refractivity contribution in [2.75, 3.05) is 20.8 Å². The number of benzene rings is 3. The molecule has 0 saturated heterocycles. The number of esters is 1. The molecule has 0 heterocycles. The molecule has 3 rings (SSSR count). The third-order valence-electron chi connectivity index (χ3n) is 6.51.